The second kappa shape index (κ2) is 17.6. The molecule has 9 aromatic rings. The SMILES string of the molecule is CC(C)(C)c1ccc(N(c2ccc(C(C)(C)C)cc2)c2c3ccc(-c4ccccc4)cc3c(N(c3ccc(C(C)(C)C)cc3)c3ccc(C(C)(C)C)cc3)c3ccc(-c4ccccc4)cc23)cc1. The topological polar surface area (TPSA) is 6.48 Å². The van der Waals surface area contributed by atoms with Gasteiger partial charge >= 0.3 is 0 Å². The molecule has 0 aromatic heterocycles. The van der Waals surface area contributed by atoms with Crippen molar-refractivity contribution in [3.8, 4) is 22.3 Å². The Labute approximate surface area is 406 Å². The van der Waals surface area contributed by atoms with Crippen molar-refractivity contribution >= 4 is 55.7 Å². The van der Waals surface area contributed by atoms with Gasteiger partial charge in [0.25, 0.3) is 0 Å². The van der Waals surface area contributed by atoms with E-state index in [1.165, 1.54) is 66.1 Å². The Bertz CT molecular complexity index is 2850. The van der Waals surface area contributed by atoms with Gasteiger partial charge in [0.1, 0.15) is 0 Å². The van der Waals surface area contributed by atoms with E-state index in [2.05, 4.69) is 287 Å². The summed E-state index contributed by atoms with van der Waals surface area (Å²) in [6.45, 7) is 27.5. The predicted octanol–water partition coefficient (Wildman–Crippen LogP) is 19.5. The molecule has 0 N–H and O–H groups in total. The fraction of sp³-hybridized carbons (Fsp3) is 0.242. The summed E-state index contributed by atoms with van der Waals surface area (Å²) < 4.78 is 0. The van der Waals surface area contributed by atoms with Crippen molar-refractivity contribution in [3.63, 3.8) is 0 Å². The first-order valence-corrected chi connectivity index (χ1v) is 24.4. The molecular weight excluding hydrogens is 821 g/mol. The van der Waals surface area contributed by atoms with Gasteiger partial charge in [-0.2, -0.15) is 0 Å². The number of anilines is 6. The van der Waals surface area contributed by atoms with Crippen LogP contribution in [0.3, 0.4) is 0 Å². The third kappa shape index (κ3) is 9.22. The summed E-state index contributed by atoms with van der Waals surface area (Å²) in [4.78, 5) is 5.04. The van der Waals surface area contributed by atoms with E-state index in [-0.39, 0.29) is 21.7 Å². The van der Waals surface area contributed by atoms with Crippen LogP contribution in [0.5, 0.6) is 0 Å². The van der Waals surface area contributed by atoms with Gasteiger partial charge < -0.3 is 9.80 Å². The van der Waals surface area contributed by atoms with Crippen LogP contribution in [0.25, 0.3) is 43.8 Å². The molecule has 0 aliphatic heterocycles. The Morgan fingerprint density at radius 2 is 0.485 bits per heavy atom. The normalized spacial score (nSPS) is 12.4. The summed E-state index contributed by atoms with van der Waals surface area (Å²) in [6, 6.07) is 73.1. The van der Waals surface area contributed by atoms with E-state index in [1.54, 1.807) is 0 Å². The van der Waals surface area contributed by atoms with Gasteiger partial charge in [-0.1, -0.05) is 217 Å². The van der Waals surface area contributed by atoms with E-state index in [1.807, 2.05) is 0 Å². The van der Waals surface area contributed by atoms with Crippen LogP contribution >= 0.6 is 0 Å². The Kier molecular flexibility index (Phi) is 12.0. The largest absolute Gasteiger partial charge is 0.309 e. The molecule has 68 heavy (non-hydrogen) atoms. The van der Waals surface area contributed by atoms with Crippen molar-refractivity contribution in [2.75, 3.05) is 9.80 Å². The Morgan fingerprint density at radius 1 is 0.235 bits per heavy atom. The molecule has 0 heterocycles. The maximum absolute atomic E-state index is 2.52. The second-order valence-electron chi connectivity index (χ2n) is 22.8. The van der Waals surface area contributed by atoms with E-state index >= 15 is 0 Å². The summed E-state index contributed by atoms with van der Waals surface area (Å²) in [6.07, 6.45) is 0. The molecule has 2 nitrogen and oxygen atoms in total. The highest BCUT2D eigenvalue weighted by Gasteiger charge is 2.28. The first kappa shape index (κ1) is 46.2. The van der Waals surface area contributed by atoms with Crippen molar-refractivity contribution in [2.24, 2.45) is 0 Å². The molecule has 0 saturated carbocycles. The molecule has 0 aliphatic rings. The van der Waals surface area contributed by atoms with E-state index < -0.39 is 0 Å². The van der Waals surface area contributed by atoms with Crippen LogP contribution in [0.15, 0.2) is 194 Å². The maximum Gasteiger partial charge on any atom is 0.0620 e. The van der Waals surface area contributed by atoms with Gasteiger partial charge in [0.05, 0.1) is 11.4 Å². The molecule has 0 saturated heterocycles. The zero-order chi connectivity index (χ0) is 48.2. The highest BCUT2D eigenvalue weighted by molar-refractivity contribution is 6.24. The van der Waals surface area contributed by atoms with Gasteiger partial charge in [0, 0.05) is 44.3 Å². The lowest BCUT2D eigenvalue weighted by molar-refractivity contribution is 0.590. The van der Waals surface area contributed by atoms with E-state index in [9.17, 15) is 0 Å². The molecule has 9 aromatic carbocycles. The fourth-order valence-corrected chi connectivity index (χ4v) is 9.54. The zero-order valence-electron chi connectivity index (χ0n) is 42.4. The third-order valence-corrected chi connectivity index (χ3v) is 13.7. The number of hydrogen-bond acceptors (Lipinski definition) is 2. The van der Waals surface area contributed by atoms with Gasteiger partial charge in [-0.05, 0) is 127 Å². The van der Waals surface area contributed by atoms with Gasteiger partial charge in [-0.15, -0.1) is 0 Å². The molecule has 0 bridgehead atoms. The van der Waals surface area contributed by atoms with Crippen LogP contribution < -0.4 is 9.80 Å². The maximum atomic E-state index is 2.52. The van der Waals surface area contributed by atoms with Crippen molar-refractivity contribution in [1.82, 2.24) is 0 Å². The minimum Gasteiger partial charge on any atom is -0.309 e. The quantitative estimate of drug-likeness (QED) is 0.111. The molecule has 0 unspecified atom stereocenters. The number of fused-ring (bicyclic) bond motifs is 2. The molecule has 9 rings (SSSR count). The second-order valence-corrected chi connectivity index (χ2v) is 22.8. The van der Waals surface area contributed by atoms with Gasteiger partial charge in [0.2, 0.25) is 0 Å². The number of hydrogen-bond donors (Lipinski definition) is 0. The summed E-state index contributed by atoms with van der Waals surface area (Å²) in [5.41, 5.74) is 16.7. The molecule has 0 radical (unpaired) electrons. The minimum atomic E-state index is 0.0107. The van der Waals surface area contributed by atoms with Crippen LogP contribution in [-0.2, 0) is 21.7 Å². The standard InChI is InChI=1S/C66H68N2/c1-63(2,3)49-25-33-53(34-26-49)67(54-35-27-50(28-36-54)64(4,5)6)61-57-41-23-48(46-21-17-14-18-22-46)44-60(57)62(58-42-24-47(43-59(58)61)45-19-15-13-16-20-45)68(55-37-29-51(30-38-55)65(7,8)9)56-39-31-52(32-40-56)66(10,11)12/h13-44H,1-12H3. The monoisotopic (exact) mass is 889 g/mol. The lowest BCUT2D eigenvalue weighted by Gasteiger charge is -2.34. The molecule has 0 aliphatic carbocycles. The Hall–Kier alpha value is -6.90. The molecule has 0 amide bonds. The third-order valence-electron chi connectivity index (χ3n) is 13.7. The van der Waals surface area contributed by atoms with E-state index in [0.29, 0.717) is 0 Å². The van der Waals surface area contributed by atoms with E-state index in [4.69, 9.17) is 0 Å². The molecule has 342 valence electrons. The average molecular weight is 889 g/mol. The van der Waals surface area contributed by atoms with Crippen LogP contribution in [0.4, 0.5) is 34.1 Å². The predicted molar refractivity (Wildman–Crippen MR) is 296 cm³/mol. The molecule has 0 spiro atoms. The molecule has 0 atom stereocenters. The van der Waals surface area contributed by atoms with Crippen LogP contribution in [0, 0.1) is 0 Å². The smallest absolute Gasteiger partial charge is 0.0620 e. The fourth-order valence-electron chi connectivity index (χ4n) is 9.54. The number of rotatable bonds is 8. The zero-order valence-corrected chi connectivity index (χ0v) is 42.4. The van der Waals surface area contributed by atoms with Gasteiger partial charge in [-0.3, -0.25) is 0 Å². The summed E-state index contributed by atoms with van der Waals surface area (Å²) >= 11 is 0. The van der Waals surface area contributed by atoms with Crippen LogP contribution in [0.2, 0.25) is 0 Å². The van der Waals surface area contributed by atoms with Crippen molar-refractivity contribution in [2.45, 2.75) is 105 Å². The van der Waals surface area contributed by atoms with Crippen molar-refractivity contribution in [1.29, 1.82) is 0 Å². The summed E-state index contributed by atoms with van der Waals surface area (Å²) in [5, 5.41) is 4.67. The summed E-state index contributed by atoms with van der Waals surface area (Å²) in [5.74, 6) is 0. The van der Waals surface area contributed by atoms with Crippen LogP contribution in [0.1, 0.15) is 105 Å². The van der Waals surface area contributed by atoms with Crippen molar-refractivity contribution in [3.05, 3.63) is 216 Å². The highest BCUT2D eigenvalue weighted by Crippen LogP contribution is 2.53. The first-order valence-electron chi connectivity index (χ1n) is 24.4. The molecule has 2 heteroatoms. The molecular formula is C66H68N2. The average Bonchev–Trinajstić information content (AvgIpc) is 3.32. The van der Waals surface area contributed by atoms with Gasteiger partial charge in [-0.25, -0.2) is 0 Å². The molecule has 0 fully saturated rings. The highest BCUT2D eigenvalue weighted by atomic mass is 15.2. The number of benzene rings is 9. The Balaban J connectivity index is 1.45. The van der Waals surface area contributed by atoms with Crippen molar-refractivity contribution < 1.29 is 0 Å². The lowest BCUT2D eigenvalue weighted by atomic mass is 9.86. The first-order chi connectivity index (χ1) is 32.3. The van der Waals surface area contributed by atoms with Crippen LogP contribution in [-0.4, -0.2) is 0 Å². The number of nitrogens with zero attached hydrogens (tertiary/aromatic N) is 2. The minimum absolute atomic E-state index is 0.0107. The van der Waals surface area contributed by atoms with E-state index in [0.717, 1.165) is 34.1 Å². The summed E-state index contributed by atoms with van der Waals surface area (Å²) in [7, 11) is 0. The van der Waals surface area contributed by atoms with Gasteiger partial charge in [0.15, 0.2) is 0 Å². The lowest BCUT2D eigenvalue weighted by Crippen LogP contribution is -2.17. The Morgan fingerprint density at radius 3 is 0.721 bits per heavy atom.